The topological polar surface area (TPSA) is 179 Å². The first-order valence-corrected chi connectivity index (χ1v) is 31.2. The molecule has 3 amide bonds. The van der Waals surface area contributed by atoms with Crippen LogP contribution in [0, 0.1) is 0 Å². The average Bonchev–Trinajstić information content (AvgIpc) is 2.98. The Kier molecular flexibility index (Phi) is 16.8. The Balaban J connectivity index is 0.846. The second kappa shape index (κ2) is 25.0. The standard InChI is InChI=1S/C69H80N12O3/c1-43(2)61-38-48-23-28-57-59(77-67(82)52-31-34-70-41-51(52)17-10-7-12-35-79(61)65(48)75-57)25-20-45(4)63-40-50-24-29-58-60(78-69(84)54-42-71-33-30-47(54)16-9-6-13-36-81(63)66(50)76-58)26-21-44(3)62-39-49-22-27-55-46(5)73-68(83)53-18-15-32-72-56(53)19-11-8-14-37-80(62)64(49)74-55/h15,18,22-24,27-34,38-46,59-60H,6-14,16-17,19-21,25-26,35-37H2,1-5H3,(H,73,83)(H,77,82)(H,78,84). The molecule has 12 heterocycles. The first-order valence-electron chi connectivity index (χ1n) is 31.2. The molecule has 6 bridgehead atoms. The summed E-state index contributed by atoms with van der Waals surface area (Å²) in [5, 5.41) is 13.5. The molecule has 0 aromatic carbocycles. The van der Waals surface area contributed by atoms with Crippen LogP contribution >= 0.6 is 0 Å². The van der Waals surface area contributed by atoms with E-state index in [9.17, 15) is 14.4 Å². The van der Waals surface area contributed by atoms with Crippen LogP contribution in [0.5, 0.6) is 0 Å². The van der Waals surface area contributed by atoms with Crippen LogP contribution in [0.3, 0.4) is 0 Å². The summed E-state index contributed by atoms with van der Waals surface area (Å²) < 4.78 is 7.26. The molecule has 84 heavy (non-hydrogen) atoms. The van der Waals surface area contributed by atoms with E-state index in [2.05, 4.69) is 121 Å². The van der Waals surface area contributed by atoms with Crippen LogP contribution in [0.1, 0.15) is 236 Å². The van der Waals surface area contributed by atoms with Crippen LogP contribution < -0.4 is 16.0 Å². The quantitative estimate of drug-likeness (QED) is 0.127. The van der Waals surface area contributed by atoms with E-state index in [-0.39, 0.29) is 47.7 Å². The number of aryl methyl sites for hydroxylation is 6. The number of fused-ring (bicyclic) bond motifs is 6. The Morgan fingerprint density at radius 3 is 1.60 bits per heavy atom. The summed E-state index contributed by atoms with van der Waals surface area (Å²) in [6, 6.07) is 26.2. The molecular formula is C69H80N12O3. The zero-order valence-corrected chi connectivity index (χ0v) is 49.5. The lowest BCUT2D eigenvalue weighted by Crippen LogP contribution is -2.30. The first kappa shape index (κ1) is 56.4. The summed E-state index contributed by atoms with van der Waals surface area (Å²) >= 11 is 0. The van der Waals surface area contributed by atoms with E-state index in [1.165, 1.54) is 17.1 Å². The molecular weight excluding hydrogens is 1040 g/mol. The molecule has 15 nitrogen and oxygen atoms in total. The molecule has 0 radical (unpaired) electrons. The highest BCUT2D eigenvalue weighted by Gasteiger charge is 2.28. The lowest BCUT2D eigenvalue weighted by molar-refractivity contribution is 0.0923. The van der Waals surface area contributed by atoms with Crippen molar-refractivity contribution < 1.29 is 14.4 Å². The fraction of sp³-hybridized carbons (Fsp3) is 0.435. The highest BCUT2D eigenvalue weighted by molar-refractivity contribution is 5.97. The van der Waals surface area contributed by atoms with Crippen LogP contribution in [0.4, 0.5) is 0 Å². The minimum atomic E-state index is -0.388. The molecule has 0 fully saturated rings. The average molecular weight is 1130 g/mol. The Hall–Kier alpha value is -8.07. The van der Waals surface area contributed by atoms with Gasteiger partial charge in [-0.1, -0.05) is 47.0 Å². The van der Waals surface area contributed by atoms with Gasteiger partial charge in [0.1, 0.15) is 16.9 Å². The molecule has 0 spiro atoms. The summed E-state index contributed by atoms with van der Waals surface area (Å²) in [6.07, 6.45) is 23.0. The molecule has 9 aromatic rings. The number of pyridine rings is 6. The predicted octanol–water partition coefficient (Wildman–Crippen LogP) is 13.8. The molecule has 0 saturated carbocycles. The summed E-state index contributed by atoms with van der Waals surface area (Å²) in [6.45, 7) is 13.6. The van der Waals surface area contributed by atoms with E-state index in [0.717, 1.165) is 177 Å². The van der Waals surface area contributed by atoms with Gasteiger partial charge in [-0.3, -0.25) is 29.3 Å². The van der Waals surface area contributed by atoms with Crippen molar-refractivity contribution in [1.29, 1.82) is 0 Å². The highest BCUT2D eigenvalue weighted by atomic mass is 16.2. The normalized spacial score (nSPS) is 19.2. The van der Waals surface area contributed by atoms with Gasteiger partial charge in [-0.15, -0.1) is 0 Å². The smallest absolute Gasteiger partial charge is 0.253 e. The third kappa shape index (κ3) is 11.9. The fourth-order valence-corrected chi connectivity index (χ4v) is 13.5. The monoisotopic (exact) mass is 1120 g/mol. The van der Waals surface area contributed by atoms with Crippen molar-refractivity contribution in [1.82, 2.24) is 59.6 Å². The number of nitrogens with one attached hydrogen (secondary N) is 3. The molecule has 12 rings (SSSR count). The van der Waals surface area contributed by atoms with Gasteiger partial charge < -0.3 is 29.7 Å². The fourth-order valence-electron chi connectivity index (χ4n) is 13.5. The number of carbonyl (C=O) groups is 3. The molecule has 3 aliphatic rings. The SMILES string of the molecule is CC(C)c1cc2ccc3nc2n1CCCCCc1cnccc1C(=O)NC3CCC(C)c1cc2ccc3nc2n1CCCCCc1ccncc1C(=O)NC3CCC(C)c1cc2ccc3nc2n1CCCCCc1ncccc1C(=O)NC3C. The summed E-state index contributed by atoms with van der Waals surface area (Å²) in [4.78, 5) is 72.4. The summed E-state index contributed by atoms with van der Waals surface area (Å²) in [7, 11) is 0. The highest BCUT2D eigenvalue weighted by Crippen LogP contribution is 2.36. The summed E-state index contributed by atoms with van der Waals surface area (Å²) in [5.41, 5.74) is 13.8. The Labute approximate surface area is 492 Å². The zero-order chi connectivity index (χ0) is 57.8. The van der Waals surface area contributed by atoms with Crippen molar-refractivity contribution in [2.45, 2.75) is 193 Å². The summed E-state index contributed by atoms with van der Waals surface area (Å²) in [5.74, 6) is 0.223. The van der Waals surface area contributed by atoms with E-state index < -0.39 is 0 Å². The van der Waals surface area contributed by atoms with E-state index in [1.54, 1.807) is 24.8 Å². The Morgan fingerprint density at radius 2 is 0.988 bits per heavy atom. The zero-order valence-electron chi connectivity index (χ0n) is 49.5. The molecule has 0 saturated heterocycles. The molecule has 0 aliphatic carbocycles. The molecule has 3 aliphatic heterocycles. The van der Waals surface area contributed by atoms with Crippen molar-refractivity contribution in [2.75, 3.05) is 0 Å². The number of carbonyl (C=O) groups excluding carboxylic acids is 3. The van der Waals surface area contributed by atoms with E-state index >= 15 is 0 Å². The van der Waals surface area contributed by atoms with E-state index in [1.807, 2.05) is 43.5 Å². The lowest BCUT2D eigenvalue weighted by Gasteiger charge is -2.24. The molecule has 5 atom stereocenters. The molecule has 3 N–H and O–H groups in total. The van der Waals surface area contributed by atoms with Crippen molar-refractivity contribution in [2.24, 2.45) is 0 Å². The van der Waals surface area contributed by atoms with Crippen molar-refractivity contribution in [3.05, 3.63) is 178 Å². The van der Waals surface area contributed by atoms with Crippen LogP contribution in [0.2, 0.25) is 0 Å². The second-order valence-corrected chi connectivity index (χ2v) is 24.5. The van der Waals surface area contributed by atoms with E-state index in [0.29, 0.717) is 35.4 Å². The van der Waals surface area contributed by atoms with Gasteiger partial charge in [0.15, 0.2) is 0 Å². The van der Waals surface area contributed by atoms with Gasteiger partial charge in [0.2, 0.25) is 0 Å². The van der Waals surface area contributed by atoms with Crippen molar-refractivity contribution in [3.8, 4) is 0 Å². The molecule has 9 aromatic heterocycles. The largest absolute Gasteiger partial charge is 0.344 e. The Morgan fingerprint density at radius 1 is 0.488 bits per heavy atom. The van der Waals surface area contributed by atoms with Crippen LogP contribution in [-0.4, -0.2) is 61.3 Å². The molecule has 5 unspecified atom stereocenters. The number of rotatable bonds is 9. The number of hydrogen-bond donors (Lipinski definition) is 3. The maximum absolute atomic E-state index is 14.6. The third-order valence-corrected chi connectivity index (χ3v) is 18.3. The number of nitrogens with zero attached hydrogens (tertiary/aromatic N) is 9. The third-order valence-electron chi connectivity index (χ3n) is 18.3. The van der Waals surface area contributed by atoms with Gasteiger partial charge in [0.25, 0.3) is 17.7 Å². The minimum Gasteiger partial charge on any atom is -0.344 e. The van der Waals surface area contributed by atoms with Crippen LogP contribution in [-0.2, 0) is 38.9 Å². The van der Waals surface area contributed by atoms with Gasteiger partial charge in [0.05, 0.1) is 52.0 Å². The van der Waals surface area contributed by atoms with Gasteiger partial charge in [-0.05, 0) is 198 Å². The van der Waals surface area contributed by atoms with Gasteiger partial charge in [0, 0.05) is 89.4 Å². The maximum atomic E-state index is 14.6. The lowest BCUT2D eigenvalue weighted by atomic mass is 9.95. The van der Waals surface area contributed by atoms with Crippen LogP contribution in [0.25, 0.3) is 33.1 Å². The van der Waals surface area contributed by atoms with Gasteiger partial charge >= 0.3 is 0 Å². The second-order valence-electron chi connectivity index (χ2n) is 24.5. The first-order chi connectivity index (χ1) is 40.9. The van der Waals surface area contributed by atoms with Crippen LogP contribution in [0.15, 0.2) is 110 Å². The minimum absolute atomic E-state index is 0.0893. The van der Waals surface area contributed by atoms with Crippen molar-refractivity contribution in [3.63, 3.8) is 0 Å². The van der Waals surface area contributed by atoms with Gasteiger partial charge in [-0.25, -0.2) is 15.0 Å². The Bertz CT molecular complexity index is 3870. The molecule has 15 heteroatoms. The van der Waals surface area contributed by atoms with Gasteiger partial charge in [-0.2, -0.15) is 0 Å². The number of amides is 3. The van der Waals surface area contributed by atoms with Crippen molar-refractivity contribution >= 4 is 50.8 Å². The number of hydrogen-bond acceptors (Lipinski definition) is 9. The van der Waals surface area contributed by atoms with E-state index in [4.69, 9.17) is 15.0 Å². The maximum Gasteiger partial charge on any atom is 0.253 e. The molecule has 434 valence electrons. The number of aromatic nitrogens is 9. The predicted molar refractivity (Wildman–Crippen MR) is 330 cm³/mol.